The van der Waals surface area contributed by atoms with Crippen molar-refractivity contribution in [2.45, 2.75) is 75.5 Å². The highest BCUT2D eigenvalue weighted by Gasteiger charge is 2.46. The third kappa shape index (κ3) is 6.65. The van der Waals surface area contributed by atoms with Crippen molar-refractivity contribution in [3.63, 3.8) is 0 Å². The van der Waals surface area contributed by atoms with Crippen molar-refractivity contribution < 1.29 is 24.6 Å². The van der Waals surface area contributed by atoms with Crippen molar-refractivity contribution >= 4 is 29.1 Å². The first-order valence-corrected chi connectivity index (χ1v) is 18.6. The van der Waals surface area contributed by atoms with Crippen molar-refractivity contribution in [2.75, 3.05) is 37.4 Å². The van der Waals surface area contributed by atoms with Crippen LogP contribution in [0.4, 0.5) is 11.4 Å². The lowest BCUT2D eigenvalue weighted by atomic mass is 9.93. The van der Waals surface area contributed by atoms with Gasteiger partial charge >= 0.3 is 0 Å². The molecule has 1 atom stereocenters. The van der Waals surface area contributed by atoms with Crippen LogP contribution in [0.25, 0.3) is 11.1 Å². The van der Waals surface area contributed by atoms with Crippen LogP contribution in [0.15, 0.2) is 65.9 Å². The SMILES string of the molecule is CC1c2c(cnn2C2CN(C(O)(O)c3cccc(C(=O)N(C)C4CC4)n3)C2)-c2cccc(NC(/C=C(\N)NC(=O)C3CC3)=C(/N)C(=O)NC3CC3)c2N1C. The fourth-order valence-electron chi connectivity index (χ4n) is 7.20. The lowest BCUT2D eigenvalue weighted by Crippen LogP contribution is -2.59. The number of anilines is 2. The molecule has 16 heteroatoms. The van der Waals surface area contributed by atoms with E-state index in [-0.39, 0.29) is 83.6 Å². The van der Waals surface area contributed by atoms with E-state index < -0.39 is 11.8 Å². The molecule has 2 aromatic heterocycles. The van der Waals surface area contributed by atoms with Crippen LogP contribution in [0.3, 0.4) is 0 Å². The number of amides is 3. The Morgan fingerprint density at radius 1 is 1.00 bits per heavy atom. The molecule has 3 aliphatic carbocycles. The van der Waals surface area contributed by atoms with Crippen molar-refractivity contribution in [1.29, 1.82) is 0 Å². The highest BCUT2D eigenvalue weighted by atomic mass is 16.5. The number of aromatic nitrogens is 3. The van der Waals surface area contributed by atoms with Gasteiger partial charge in [-0.2, -0.15) is 5.10 Å². The molecule has 4 heterocycles. The molecule has 0 spiro atoms. The molecule has 1 unspecified atom stereocenters. The summed E-state index contributed by atoms with van der Waals surface area (Å²) in [5, 5.41) is 36.3. The summed E-state index contributed by atoms with van der Waals surface area (Å²) in [6, 6.07) is 10.5. The Balaban J connectivity index is 1.03. The first kappa shape index (κ1) is 35.6. The predicted molar refractivity (Wildman–Crippen MR) is 200 cm³/mol. The number of nitrogens with zero attached hydrogens (tertiary/aromatic N) is 6. The van der Waals surface area contributed by atoms with Crippen LogP contribution < -0.4 is 32.3 Å². The average Bonchev–Trinajstić information content (AvgIpc) is 3.99. The van der Waals surface area contributed by atoms with Crippen molar-refractivity contribution in [2.24, 2.45) is 17.4 Å². The number of nitrogens with one attached hydrogen (secondary N) is 3. The number of hydrogen-bond donors (Lipinski definition) is 7. The fourth-order valence-corrected chi connectivity index (χ4v) is 7.20. The molecule has 8 rings (SSSR count). The van der Waals surface area contributed by atoms with E-state index in [9.17, 15) is 24.6 Å². The molecule has 1 saturated heterocycles. The van der Waals surface area contributed by atoms with Gasteiger partial charge in [-0.3, -0.25) is 19.1 Å². The van der Waals surface area contributed by atoms with Crippen LogP contribution in [0.5, 0.6) is 0 Å². The zero-order valence-electron chi connectivity index (χ0n) is 30.6. The second-order valence-electron chi connectivity index (χ2n) is 15.2. The van der Waals surface area contributed by atoms with Crippen LogP contribution in [0, 0.1) is 5.92 Å². The minimum Gasteiger partial charge on any atom is -0.393 e. The van der Waals surface area contributed by atoms with Gasteiger partial charge in [0.2, 0.25) is 5.91 Å². The van der Waals surface area contributed by atoms with Crippen molar-refractivity contribution in [1.82, 2.24) is 35.2 Å². The minimum atomic E-state index is -2.38. The summed E-state index contributed by atoms with van der Waals surface area (Å²) < 4.78 is 1.95. The summed E-state index contributed by atoms with van der Waals surface area (Å²) in [6.07, 6.45) is 8.66. The summed E-state index contributed by atoms with van der Waals surface area (Å²) in [5.41, 5.74) is 17.4. The van der Waals surface area contributed by atoms with Gasteiger partial charge in [-0.25, -0.2) is 9.88 Å². The van der Waals surface area contributed by atoms with Gasteiger partial charge in [0.1, 0.15) is 22.9 Å². The second kappa shape index (κ2) is 13.4. The Kier molecular flexibility index (Phi) is 8.86. The van der Waals surface area contributed by atoms with Gasteiger partial charge in [-0.1, -0.05) is 18.2 Å². The standard InChI is InChI=1S/C38H47N11O5/c1-20-33-26(17-41-49(33)24-18-48(19-24)38(53,54)30-9-5-8-28(44-30)37(52)47(3)23-14-15-23)25-6-4-7-27(34(25)46(20)2)43-29(32(40)36(51)42-22-12-13-22)16-31(39)45-35(50)21-10-11-21/h4-9,16-17,20-24,43,53-54H,10-15,18-19,39-40H2,1-3H3,(H,42,51)(H,45,50)/b31-16+,32-29+. The molecule has 284 valence electrons. The summed E-state index contributed by atoms with van der Waals surface area (Å²) in [4.78, 5) is 48.1. The lowest BCUT2D eigenvalue weighted by molar-refractivity contribution is -0.302. The number of benzene rings is 1. The number of carbonyl (C=O) groups excluding carboxylic acids is 3. The third-order valence-corrected chi connectivity index (χ3v) is 11.1. The van der Waals surface area contributed by atoms with E-state index in [0.29, 0.717) is 5.69 Å². The molecule has 3 saturated carbocycles. The van der Waals surface area contributed by atoms with E-state index in [1.807, 2.05) is 36.1 Å². The van der Waals surface area contributed by atoms with E-state index >= 15 is 0 Å². The maximum absolute atomic E-state index is 13.1. The lowest BCUT2D eigenvalue weighted by Gasteiger charge is -2.47. The summed E-state index contributed by atoms with van der Waals surface area (Å²) in [5.74, 6) is -3.18. The van der Waals surface area contributed by atoms with Crippen LogP contribution in [0.2, 0.25) is 0 Å². The van der Waals surface area contributed by atoms with Gasteiger partial charge in [0.15, 0.2) is 0 Å². The molecule has 1 aromatic carbocycles. The Morgan fingerprint density at radius 2 is 1.72 bits per heavy atom. The van der Waals surface area contributed by atoms with Crippen LogP contribution in [-0.4, -0.2) is 91.8 Å². The number of pyridine rings is 1. The summed E-state index contributed by atoms with van der Waals surface area (Å²) in [6.45, 7) is 2.64. The van der Waals surface area contributed by atoms with E-state index in [1.54, 1.807) is 24.1 Å². The highest BCUT2D eigenvalue weighted by molar-refractivity contribution is 5.97. The largest absolute Gasteiger partial charge is 0.393 e. The Morgan fingerprint density at radius 3 is 2.41 bits per heavy atom. The van der Waals surface area contributed by atoms with Gasteiger partial charge in [0.25, 0.3) is 17.7 Å². The molecule has 3 amide bonds. The molecule has 16 nitrogen and oxygen atoms in total. The topological polar surface area (TPSA) is 220 Å². The molecule has 9 N–H and O–H groups in total. The van der Waals surface area contributed by atoms with E-state index in [2.05, 4.69) is 32.8 Å². The van der Waals surface area contributed by atoms with Gasteiger partial charge < -0.3 is 47.4 Å². The van der Waals surface area contributed by atoms with Crippen molar-refractivity contribution in [3.8, 4) is 11.1 Å². The number of carbonyl (C=O) groups is 3. The zero-order valence-corrected chi connectivity index (χ0v) is 30.6. The van der Waals surface area contributed by atoms with Gasteiger partial charge in [0.05, 0.1) is 41.0 Å². The number of nitrogens with two attached hydrogens (primary N) is 2. The number of rotatable bonds is 12. The Labute approximate surface area is 312 Å². The predicted octanol–water partition coefficient (Wildman–Crippen LogP) is 1.53. The Hall–Kier alpha value is -5.45. The maximum atomic E-state index is 13.1. The average molecular weight is 738 g/mol. The minimum absolute atomic E-state index is 0.0125. The molecular formula is C38H47N11O5. The quantitative estimate of drug-likeness (QED) is 0.0800. The van der Waals surface area contributed by atoms with Gasteiger partial charge in [-0.05, 0) is 63.6 Å². The number of para-hydroxylation sites is 1. The summed E-state index contributed by atoms with van der Waals surface area (Å²) >= 11 is 0. The highest BCUT2D eigenvalue weighted by Crippen LogP contribution is 2.49. The molecule has 5 aliphatic rings. The Bertz CT molecular complexity index is 2070. The normalized spacial score (nSPS) is 20.6. The van der Waals surface area contributed by atoms with Gasteiger partial charge in [0, 0.05) is 62.4 Å². The monoisotopic (exact) mass is 737 g/mol. The fraction of sp³-hybridized carbons (Fsp3) is 0.447. The molecular weight excluding hydrogens is 690 g/mol. The molecule has 0 radical (unpaired) electrons. The molecule has 54 heavy (non-hydrogen) atoms. The van der Waals surface area contributed by atoms with Gasteiger partial charge in [-0.15, -0.1) is 0 Å². The smallest absolute Gasteiger partial charge is 0.272 e. The van der Waals surface area contributed by atoms with E-state index in [0.717, 1.165) is 61.0 Å². The first-order chi connectivity index (χ1) is 25.8. The molecule has 3 aromatic rings. The van der Waals surface area contributed by atoms with E-state index in [1.165, 1.54) is 17.0 Å². The summed E-state index contributed by atoms with van der Waals surface area (Å²) in [7, 11) is 3.72. The molecule has 0 bridgehead atoms. The number of likely N-dealkylation sites (tertiary alicyclic amines) is 1. The number of fused-ring (bicyclic) bond motifs is 3. The molecule has 4 fully saturated rings. The second-order valence-corrected chi connectivity index (χ2v) is 15.2. The maximum Gasteiger partial charge on any atom is 0.272 e. The number of aliphatic hydroxyl groups is 2. The first-order valence-electron chi connectivity index (χ1n) is 18.6. The zero-order chi connectivity index (χ0) is 38.1. The van der Waals surface area contributed by atoms with Crippen LogP contribution in [-0.2, 0) is 15.5 Å². The van der Waals surface area contributed by atoms with E-state index in [4.69, 9.17) is 16.6 Å². The van der Waals surface area contributed by atoms with Crippen LogP contribution >= 0.6 is 0 Å². The van der Waals surface area contributed by atoms with Crippen LogP contribution in [0.1, 0.15) is 79.4 Å². The third-order valence-electron chi connectivity index (χ3n) is 11.1. The molecule has 2 aliphatic heterocycles. The van der Waals surface area contributed by atoms with Crippen molar-refractivity contribution in [3.05, 3.63) is 83.0 Å². The number of allylic oxidation sites excluding steroid dienone is 1. The number of hydrogen-bond acceptors (Lipinski definition) is 12.